The van der Waals surface area contributed by atoms with Gasteiger partial charge in [0.1, 0.15) is 6.15 Å². The lowest BCUT2D eigenvalue weighted by Gasteiger charge is -2.44. The minimum atomic E-state index is -1.22. The number of hydrogen-bond acceptors (Lipinski definition) is 0. The van der Waals surface area contributed by atoms with Crippen molar-refractivity contribution in [3.63, 3.8) is 0 Å². The predicted molar refractivity (Wildman–Crippen MR) is 206 cm³/mol. The lowest BCUT2D eigenvalue weighted by molar-refractivity contribution is 1.16. The van der Waals surface area contributed by atoms with E-state index >= 15 is 0 Å². The van der Waals surface area contributed by atoms with Crippen molar-refractivity contribution in [2.24, 2.45) is 0 Å². The molecule has 0 nitrogen and oxygen atoms in total. The van der Waals surface area contributed by atoms with E-state index in [0.29, 0.717) is 0 Å². The Morgan fingerprint density at radius 2 is 0.596 bits per heavy atom. The van der Waals surface area contributed by atoms with Crippen LogP contribution in [0.15, 0.2) is 209 Å². The molecular formula is C45H41BS. The summed E-state index contributed by atoms with van der Waals surface area (Å²) in [5, 5.41) is 0. The average Bonchev–Trinajstić information content (AvgIpc) is 3.13. The minimum Gasteiger partial charge on any atom is -0.195 e. The molecule has 0 saturated heterocycles. The zero-order valence-corrected chi connectivity index (χ0v) is 28.3. The molecule has 0 atom stereocenters. The molecule has 7 rings (SSSR count). The molecule has 47 heavy (non-hydrogen) atoms. The summed E-state index contributed by atoms with van der Waals surface area (Å²) in [6.45, 7) is 6.65. The van der Waals surface area contributed by atoms with Gasteiger partial charge in [0, 0.05) is 11.1 Å². The van der Waals surface area contributed by atoms with Crippen molar-refractivity contribution >= 4 is 38.9 Å². The normalized spacial score (nSPS) is 11.1. The van der Waals surface area contributed by atoms with E-state index in [0.717, 1.165) is 0 Å². The molecule has 0 aliphatic carbocycles. The second-order valence-electron chi connectivity index (χ2n) is 12.2. The van der Waals surface area contributed by atoms with Crippen LogP contribution in [0, 0.1) is 20.8 Å². The first kappa shape index (κ1) is 31.9. The van der Waals surface area contributed by atoms with Crippen molar-refractivity contribution in [2.45, 2.75) is 35.5 Å². The third-order valence-corrected chi connectivity index (χ3v) is 11.5. The molecular weight excluding hydrogens is 583 g/mol. The molecule has 0 unspecified atom stereocenters. The van der Waals surface area contributed by atoms with Gasteiger partial charge in [-0.1, -0.05) is 175 Å². The maximum absolute atomic E-state index is 2.30. The van der Waals surface area contributed by atoms with E-state index in [9.17, 15) is 0 Å². The van der Waals surface area contributed by atoms with Crippen molar-refractivity contribution in [3.05, 3.63) is 211 Å². The highest BCUT2D eigenvalue weighted by atomic mass is 32.2. The Balaban J connectivity index is 0.000000166. The van der Waals surface area contributed by atoms with Gasteiger partial charge >= 0.3 is 0 Å². The number of rotatable bonds is 7. The van der Waals surface area contributed by atoms with E-state index in [-0.39, 0.29) is 10.9 Å². The molecule has 0 aliphatic rings. The highest BCUT2D eigenvalue weighted by molar-refractivity contribution is 7.97. The van der Waals surface area contributed by atoms with Gasteiger partial charge in [-0.3, -0.25) is 0 Å². The summed E-state index contributed by atoms with van der Waals surface area (Å²) in [7, 11) is -0.0460. The standard InChI is InChI=1S/C24H20B.C21H21S/c1-5-13-21(14-6-1)25(22-15-7-2-8-16-22,23-17-9-3-10-18-23)24-19-11-4-12-20-24;1-16-14-17(2)21(18(3)15-16)22(19-10-6-4-7-11-19)20-12-8-5-9-13-20/h1-20H;4-15H,1-3H3/q-1;+1. The number of benzene rings is 7. The van der Waals surface area contributed by atoms with Crippen molar-refractivity contribution in [1.29, 1.82) is 0 Å². The van der Waals surface area contributed by atoms with E-state index in [1.807, 2.05) is 0 Å². The Bertz CT molecular complexity index is 1750. The van der Waals surface area contributed by atoms with Gasteiger partial charge in [0.05, 0.1) is 10.9 Å². The van der Waals surface area contributed by atoms with E-state index < -0.39 is 6.15 Å². The Labute approximate surface area is 284 Å². The molecule has 0 amide bonds. The predicted octanol–water partition coefficient (Wildman–Crippen LogP) is 8.77. The largest absolute Gasteiger partial charge is 0.195 e. The topological polar surface area (TPSA) is 0 Å². The summed E-state index contributed by atoms with van der Waals surface area (Å²) >= 11 is 0. The molecule has 0 bridgehead atoms. The monoisotopic (exact) mass is 624 g/mol. The summed E-state index contributed by atoms with van der Waals surface area (Å²) in [5.74, 6) is 0. The molecule has 0 saturated carbocycles. The summed E-state index contributed by atoms with van der Waals surface area (Å²) < 4.78 is 0. The van der Waals surface area contributed by atoms with Gasteiger partial charge in [0.15, 0.2) is 14.7 Å². The Morgan fingerprint density at radius 1 is 0.340 bits per heavy atom. The lowest BCUT2D eigenvalue weighted by Crippen LogP contribution is -2.74. The highest BCUT2D eigenvalue weighted by Crippen LogP contribution is 2.35. The molecule has 7 aromatic carbocycles. The van der Waals surface area contributed by atoms with Gasteiger partial charge in [-0.05, 0) is 45.0 Å². The third-order valence-electron chi connectivity index (χ3n) is 8.96. The van der Waals surface area contributed by atoms with Crippen LogP contribution >= 0.6 is 0 Å². The van der Waals surface area contributed by atoms with Crippen molar-refractivity contribution in [1.82, 2.24) is 0 Å². The molecule has 230 valence electrons. The summed E-state index contributed by atoms with van der Waals surface area (Å²) in [5.41, 5.74) is 9.46. The molecule has 0 N–H and O–H groups in total. The quantitative estimate of drug-likeness (QED) is 0.123. The average molecular weight is 625 g/mol. The Morgan fingerprint density at radius 3 is 0.872 bits per heavy atom. The van der Waals surface area contributed by atoms with Gasteiger partial charge in [0.2, 0.25) is 0 Å². The maximum atomic E-state index is 2.30. The van der Waals surface area contributed by atoms with E-state index in [2.05, 4.69) is 215 Å². The van der Waals surface area contributed by atoms with Crippen LogP contribution in [0.2, 0.25) is 0 Å². The van der Waals surface area contributed by atoms with Gasteiger partial charge in [-0.25, -0.2) is 0 Å². The van der Waals surface area contributed by atoms with E-state index in [1.165, 1.54) is 53.2 Å². The molecule has 0 aliphatic heterocycles. The highest BCUT2D eigenvalue weighted by Gasteiger charge is 2.32. The number of hydrogen-bond donors (Lipinski definition) is 0. The van der Waals surface area contributed by atoms with Crippen LogP contribution in [0.4, 0.5) is 0 Å². The minimum absolute atomic E-state index is 0.0460. The fourth-order valence-corrected chi connectivity index (χ4v) is 9.46. The van der Waals surface area contributed by atoms with Crippen molar-refractivity contribution in [3.8, 4) is 0 Å². The van der Waals surface area contributed by atoms with Gasteiger partial charge < -0.3 is 0 Å². The van der Waals surface area contributed by atoms with Crippen LogP contribution in [-0.2, 0) is 10.9 Å². The first-order valence-corrected chi connectivity index (χ1v) is 17.6. The fraction of sp³-hybridized carbons (Fsp3) is 0.0667. The SMILES string of the molecule is Cc1cc(C)c([S+](c2ccccc2)c2ccccc2)c(C)c1.c1ccc([B-](c2ccccc2)(c2ccccc2)c2ccccc2)cc1. The van der Waals surface area contributed by atoms with Crippen LogP contribution in [0.5, 0.6) is 0 Å². The Hall–Kier alpha value is -5.05. The van der Waals surface area contributed by atoms with Crippen LogP contribution in [-0.4, -0.2) is 6.15 Å². The first-order valence-electron chi connectivity index (χ1n) is 16.4. The van der Waals surface area contributed by atoms with Crippen molar-refractivity contribution in [2.75, 3.05) is 0 Å². The molecule has 0 fully saturated rings. The molecule has 2 heteroatoms. The summed E-state index contributed by atoms with van der Waals surface area (Å²) in [4.78, 5) is 4.22. The zero-order chi connectivity index (χ0) is 32.5. The second-order valence-corrected chi connectivity index (χ2v) is 14.1. The van der Waals surface area contributed by atoms with Crippen LogP contribution in [0.3, 0.4) is 0 Å². The molecule has 0 radical (unpaired) electrons. The fourth-order valence-electron chi connectivity index (χ4n) is 7.10. The second kappa shape index (κ2) is 15.0. The van der Waals surface area contributed by atoms with E-state index in [1.54, 1.807) is 0 Å². The van der Waals surface area contributed by atoms with Gasteiger partial charge in [0.25, 0.3) is 0 Å². The number of aryl methyl sites for hydroxylation is 3. The van der Waals surface area contributed by atoms with Crippen LogP contribution in [0.1, 0.15) is 16.7 Å². The summed E-state index contributed by atoms with van der Waals surface area (Å²) in [6, 6.07) is 69.8. The van der Waals surface area contributed by atoms with Crippen LogP contribution < -0.4 is 21.9 Å². The smallest absolute Gasteiger partial charge is 0.172 e. The lowest BCUT2D eigenvalue weighted by atomic mass is 9.13. The summed E-state index contributed by atoms with van der Waals surface area (Å²) in [6.07, 6.45) is -1.22. The molecule has 7 aromatic rings. The Kier molecular flexibility index (Phi) is 10.2. The van der Waals surface area contributed by atoms with Crippen molar-refractivity contribution < 1.29 is 0 Å². The van der Waals surface area contributed by atoms with Gasteiger partial charge in [-0.15, -0.1) is 0 Å². The third kappa shape index (κ3) is 6.89. The van der Waals surface area contributed by atoms with E-state index in [4.69, 9.17) is 0 Å². The molecule has 0 heterocycles. The van der Waals surface area contributed by atoms with Crippen LogP contribution in [0.25, 0.3) is 0 Å². The zero-order valence-electron chi connectivity index (χ0n) is 27.5. The van der Waals surface area contributed by atoms with Gasteiger partial charge in [-0.2, -0.15) is 21.9 Å². The molecule has 0 aromatic heterocycles. The first-order chi connectivity index (χ1) is 23.1. The maximum Gasteiger partial charge on any atom is 0.172 e. The molecule has 0 spiro atoms.